The van der Waals surface area contributed by atoms with Gasteiger partial charge in [-0.25, -0.2) is 4.79 Å². The number of hydrogen-bond donors (Lipinski definition) is 1. The van der Waals surface area contributed by atoms with E-state index in [1.807, 2.05) is 0 Å². The van der Waals surface area contributed by atoms with Gasteiger partial charge in [-0.15, -0.1) is 0 Å². The van der Waals surface area contributed by atoms with Crippen LogP contribution in [0.5, 0.6) is 0 Å². The molecule has 0 aliphatic carbocycles. The zero-order chi connectivity index (χ0) is 12.6. The molecule has 88 valence electrons. The van der Waals surface area contributed by atoms with Crippen LogP contribution in [-0.4, -0.2) is 15.6 Å². The van der Waals surface area contributed by atoms with E-state index in [9.17, 15) is 4.79 Å². The molecule has 3 nitrogen and oxygen atoms in total. The van der Waals surface area contributed by atoms with Crippen LogP contribution in [0.2, 0.25) is 10.0 Å². The van der Waals surface area contributed by atoms with Crippen LogP contribution in [0.3, 0.4) is 0 Å². The van der Waals surface area contributed by atoms with Crippen LogP contribution >= 0.6 is 23.2 Å². The predicted molar refractivity (Wildman–Crippen MR) is 67.5 cm³/mol. The van der Waals surface area contributed by atoms with Gasteiger partial charge in [0.1, 0.15) is 0 Å². The van der Waals surface area contributed by atoms with Crippen molar-refractivity contribution in [2.75, 3.05) is 0 Å². The minimum Gasteiger partial charge on any atom is -0.478 e. The van der Waals surface area contributed by atoms with E-state index in [-0.39, 0.29) is 5.56 Å². The highest BCUT2D eigenvalue weighted by molar-refractivity contribution is 6.34. The maximum Gasteiger partial charge on any atom is 0.337 e. The number of benzene rings is 1. The van der Waals surface area contributed by atoms with Crippen molar-refractivity contribution in [2.45, 2.75) is 6.92 Å². The van der Waals surface area contributed by atoms with Gasteiger partial charge in [0.05, 0.1) is 5.56 Å². The van der Waals surface area contributed by atoms with E-state index in [0.29, 0.717) is 15.7 Å². The number of halogens is 2. The average molecular weight is 270 g/mol. The number of rotatable bonds is 2. The number of aromatic nitrogens is 1. The molecule has 0 spiro atoms. The van der Waals surface area contributed by atoms with E-state index in [1.165, 1.54) is 0 Å². The Bertz CT molecular complexity index is 570. The largest absolute Gasteiger partial charge is 0.478 e. The number of carbonyl (C=O) groups is 1. The summed E-state index contributed by atoms with van der Waals surface area (Å²) in [6.45, 7) is 1.73. The molecule has 0 atom stereocenters. The van der Waals surface area contributed by atoms with Crippen LogP contribution in [0.25, 0.3) is 5.69 Å². The second kappa shape index (κ2) is 4.43. The topological polar surface area (TPSA) is 42.2 Å². The highest BCUT2D eigenvalue weighted by atomic mass is 35.5. The van der Waals surface area contributed by atoms with Crippen molar-refractivity contribution < 1.29 is 9.90 Å². The molecule has 1 aromatic heterocycles. The van der Waals surface area contributed by atoms with E-state index in [1.54, 1.807) is 42.0 Å². The third-order valence-electron chi connectivity index (χ3n) is 2.50. The quantitative estimate of drug-likeness (QED) is 0.902. The fourth-order valence-corrected chi connectivity index (χ4v) is 2.21. The fourth-order valence-electron chi connectivity index (χ4n) is 1.70. The van der Waals surface area contributed by atoms with E-state index >= 15 is 0 Å². The van der Waals surface area contributed by atoms with Crippen molar-refractivity contribution in [1.82, 2.24) is 4.57 Å². The van der Waals surface area contributed by atoms with Gasteiger partial charge in [0.2, 0.25) is 0 Å². The zero-order valence-electron chi connectivity index (χ0n) is 8.95. The second-order valence-corrected chi connectivity index (χ2v) is 4.49. The van der Waals surface area contributed by atoms with Gasteiger partial charge >= 0.3 is 5.97 Å². The Labute approximate surface area is 108 Å². The number of nitrogens with zero attached hydrogens (tertiary/aromatic N) is 1. The van der Waals surface area contributed by atoms with E-state index in [2.05, 4.69) is 0 Å². The van der Waals surface area contributed by atoms with Gasteiger partial charge in [0.15, 0.2) is 0 Å². The van der Waals surface area contributed by atoms with Gasteiger partial charge in [-0.1, -0.05) is 23.2 Å². The maximum absolute atomic E-state index is 10.9. The van der Waals surface area contributed by atoms with Crippen LogP contribution in [-0.2, 0) is 0 Å². The van der Waals surface area contributed by atoms with Gasteiger partial charge in [-0.2, -0.15) is 0 Å². The molecule has 0 saturated heterocycles. The summed E-state index contributed by atoms with van der Waals surface area (Å²) in [5.41, 5.74) is 1.64. The third-order valence-corrected chi connectivity index (χ3v) is 2.93. The lowest BCUT2D eigenvalue weighted by Crippen LogP contribution is -2.01. The van der Waals surface area contributed by atoms with Crippen LogP contribution in [0.1, 0.15) is 16.1 Å². The Morgan fingerprint density at radius 3 is 2.29 bits per heavy atom. The highest BCUT2D eigenvalue weighted by Gasteiger charge is 2.12. The summed E-state index contributed by atoms with van der Waals surface area (Å²) in [4.78, 5) is 10.9. The lowest BCUT2D eigenvalue weighted by Gasteiger charge is -2.07. The molecular formula is C12H9Cl2NO2. The Kier molecular flexibility index (Phi) is 3.13. The molecule has 2 aromatic rings. The lowest BCUT2D eigenvalue weighted by atomic mass is 10.2. The molecule has 0 bridgehead atoms. The second-order valence-electron chi connectivity index (χ2n) is 3.62. The van der Waals surface area contributed by atoms with Crippen LogP contribution in [0.4, 0.5) is 0 Å². The van der Waals surface area contributed by atoms with Crippen molar-refractivity contribution in [1.29, 1.82) is 0 Å². The summed E-state index contributed by atoms with van der Waals surface area (Å²) in [5.74, 6) is -0.950. The van der Waals surface area contributed by atoms with E-state index in [0.717, 1.165) is 5.69 Å². The van der Waals surface area contributed by atoms with Gasteiger partial charge in [0.25, 0.3) is 0 Å². The zero-order valence-corrected chi connectivity index (χ0v) is 10.5. The van der Waals surface area contributed by atoms with E-state index < -0.39 is 5.97 Å². The molecule has 1 aromatic carbocycles. The van der Waals surface area contributed by atoms with Crippen molar-refractivity contribution in [3.05, 3.63) is 51.8 Å². The lowest BCUT2D eigenvalue weighted by molar-refractivity contribution is 0.0696. The molecule has 0 saturated carbocycles. The van der Waals surface area contributed by atoms with Crippen molar-refractivity contribution in [3.8, 4) is 5.69 Å². The molecular weight excluding hydrogens is 261 g/mol. The summed E-state index contributed by atoms with van der Waals surface area (Å²) in [6.07, 6.45) is 1.68. The molecule has 5 heteroatoms. The number of aromatic carboxylic acids is 1. The van der Waals surface area contributed by atoms with Crippen molar-refractivity contribution >= 4 is 29.2 Å². The summed E-state index contributed by atoms with van der Waals surface area (Å²) in [7, 11) is 0. The minimum absolute atomic E-state index is 0.265. The molecule has 0 fully saturated rings. The van der Waals surface area contributed by atoms with Crippen LogP contribution in [0, 0.1) is 6.92 Å². The molecule has 0 aliphatic rings. The highest BCUT2D eigenvalue weighted by Crippen LogP contribution is 2.24. The average Bonchev–Trinajstić information content (AvgIpc) is 2.58. The molecule has 0 amide bonds. The Balaban J connectivity index is 2.57. The van der Waals surface area contributed by atoms with Crippen molar-refractivity contribution in [2.24, 2.45) is 0 Å². The number of hydrogen-bond acceptors (Lipinski definition) is 1. The van der Waals surface area contributed by atoms with Crippen LogP contribution in [0.15, 0.2) is 30.5 Å². The standard InChI is InChI=1S/C12H9Cl2NO2/c1-7-11(12(16)17)2-3-15(7)10-5-8(13)4-9(14)6-10/h2-6H,1H3,(H,16,17). The molecule has 0 aliphatic heterocycles. The summed E-state index contributed by atoms with van der Waals surface area (Å²) in [6, 6.07) is 6.63. The molecule has 0 radical (unpaired) electrons. The monoisotopic (exact) mass is 269 g/mol. The van der Waals surface area contributed by atoms with Gasteiger partial charge in [-0.05, 0) is 31.2 Å². The van der Waals surface area contributed by atoms with Crippen LogP contribution < -0.4 is 0 Å². The Morgan fingerprint density at radius 1 is 1.24 bits per heavy atom. The smallest absolute Gasteiger partial charge is 0.337 e. The molecule has 0 unspecified atom stereocenters. The molecule has 1 N–H and O–H groups in total. The summed E-state index contributed by atoms with van der Waals surface area (Å²) >= 11 is 11.8. The molecule has 17 heavy (non-hydrogen) atoms. The van der Waals surface area contributed by atoms with Gasteiger partial charge in [-0.3, -0.25) is 0 Å². The number of carboxylic acid groups (broad SMARTS) is 1. The van der Waals surface area contributed by atoms with Gasteiger partial charge in [0, 0.05) is 27.6 Å². The normalized spacial score (nSPS) is 10.5. The maximum atomic E-state index is 10.9. The first-order valence-corrected chi connectivity index (χ1v) is 5.62. The third kappa shape index (κ3) is 2.30. The summed E-state index contributed by atoms with van der Waals surface area (Å²) in [5, 5.41) is 9.99. The first kappa shape index (κ1) is 12.0. The summed E-state index contributed by atoms with van der Waals surface area (Å²) < 4.78 is 1.74. The first-order valence-electron chi connectivity index (χ1n) is 4.87. The molecule has 1 heterocycles. The fraction of sp³-hybridized carbons (Fsp3) is 0.0833. The predicted octanol–water partition coefficient (Wildman–Crippen LogP) is 3.79. The Hall–Kier alpha value is -1.45. The van der Waals surface area contributed by atoms with Gasteiger partial charge < -0.3 is 9.67 Å². The number of carboxylic acids is 1. The SMILES string of the molecule is Cc1c(C(=O)O)ccn1-c1cc(Cl)cc(Cl)c1. The van der Waals surface area contributed by atoms with E-state index in [4.69, 9.17) is 28.3 Å². The Morgan fingerprint density at radius 2 is 1.82 bits per heavy atom. The molecule has 2 rings (SSSR count). The van der Waals surface area contributed by atoms with Crippen molar-refractivity contribution in [3.63, 3.8) is 0 Å². The minimum atomic E-state index is -0.950. The first-order chi connectivity index (χ1) is 7.99.